The van der Waals surface area contributed by atoms with Gasteiger partial charge in [0.2, 0.25) is 0 Å². The second-order valence-electron chi connectivity index (χ2n) is 3.29. The minimum Gasteiger partial charge on any atom is -0.397 e. The van der Waals surface area contributed by atoms with E-state index < -0.39 is 0 Å². The molecule has 0 aliphatic heterocycles. The quantitative estimate of drug-likeness (QED) is 0.709. The van der Waals surface area contributed by atoms with E-state index in [1.807, 2.05) is 6.07 Å². The third-order valence-electron chi connectivity index (χ3n) is 2.13. The molecular formula is C9H13N3. The van der Waals surface area contributed by atoms with Crippen molar-refractivity contribution in [2.75, 3.05) is 17.6 Å². The second-order valence-corrected chi connectivity index (χ2v) is 3.29. The minimum atomic E-state index is 0.783. The first-order chi connectivity index (χ1) is 5.86. The molecule has 2 rings (SSSR count). The average Bonchev–Trinajstić information content (AvgIpc) is 2.86. The molecule has 3 nitrogen and oxygen atoms in total. The molecule has 0 unspecified atom stereocenters. The molecule has 1 aromatic heterocycles. The van der Waals surface area contributed by atoms with E-state index in [1.165, 1.54) is 12.8 Å². The molecule has 0 spiro atoms. The van der Waals surface area contributed by atoms with Crippen LogP contribution in [-0.2, 0) is 0 Å². The topological polar surface area (TPSA) is 50.9 Å². The van der Waals surface area contributed by atoms with Crippen molar-refractivity contribution in [3.8, 4) is 0 Å². The number of hydrogen-bond donors (Lipinski definition) is 2. The minimum absolute atomic E-state index is 0.783. The van der Waals surface area contributed by atoms with Gasteiger partial charge in [0.1, 0.15) is 0 Å². The molecule has 12 heavy (non-hydrogen) atoms. The Morgan fingerprint density at radius 2 is 2.42 bits per heavy atom. The highest BCUT2D eigenvalue weighted by atomic mass is 14.9. The van der Waals surface area contributed by atoms with Gasteiger partial charge in [-0.25, -0.2) is 0 Å². The fourth-order valence-electron chi connectivity index (χ4n) is 1.13. The maximum Gasteiger partial charge on any atom is 0.0760 e. The Morgan fingerprint density at radius 3 is 3.08 bits per heavy atom. The molecule has 3 heteroatoms. The summed E-state index contributed by atoms with van der Waals surface area (Å²) in [5, 5.41) is 3.29. The molecule has 1 saturated carbocycles. The highest BCUT2D eigenvalue weighted by Crippen LogP contribution is 2.29. The Kier molecular flexibility index (Phi) is 1.86. The summed E-state index contributed by atoms with van der Waals surface area (Å²) in [6.07, 6.45) is 6.19. The van der Waals surface area contributed by atoms with Crippen LogP contribution < -0.4 is 11.1 Å². The molecule has 1 aliphatic carbocycles. The molecule has 0 atom stereocenters. The van der Waals surface area contributed by atoms with Gasteiger partial charge in [-0.1, -0.05) is 0 Å². The summed E-state index contributed by atoms with van der Waals surface area (Å²) in [5.41, 5.74) is 7.47. The average molecular weight is 163 g/mol. The summed E-state index contributed by atoms with van der Waals surface area (Å²) in [4.78, 5) is 4.00. The van der Waals surface area contributed by atoms with Crippen LogP contribution in [0.2, 0.25) is 0 Å². The first kappa shape index (κ1) is 7.40. The summed E-state index contributed by atoms with van der Waals surface area (Å²) in [5.74, 6) is 0.865. The summed E-state index contributed by atoms with van der Waals surface area (Å²) in [6.45, 7) is 1.04. The number of nitrogens with two attached hydrogens (primary N) is 1. The van der Waals surface area contributed by atoms with Gasteiger partial charge in [0.15, 0.2) is 0 Å². The zero-order valence-electron chi connectivity index (χ0n) is 6.96. The lowest BCUT2D eigenvalue weighted by Gasteiger charge is -2.06. The fraction of sp³-hybridized carbons (Fsp3) is 0.444. The Hall–Kier alpha value is -1.25. The Labute approximate surface area is 72.0 Å². The maximum atomic E-state index is 5.72. The van der Waals surface area contributed by atoms with Crippen LogP contribution in [0.1, 0.15) is 12.8 Å². The lowest BCUT2D eigenvalue weighted by Crippen LogP contribution is -2.05. The molecule has 1 aromatic rings. The van der Waals surface area contributed by atoms with E-state index in [9.17, 15) is 0 Å². The third kappa shape index (κ3) is 1.67. The molecule has 0 bridgehead atoms. The SMILES string of the molecule is Nc1ccncc1NCC1CC1. The predicted octanol–water partition coefficient (Wildman–Crippen LogP) is 1.49. The summed E-state index contributed by atoms with van der Waals surface area (Å²) >= 11 is 0. The molecule has 0 radical (unpaired) electrons. The van der Waals surface area contributed by atoms with Crippen LogP contribution in [0.5, 0.6) is 0 Å². The molecule has 0 saturated heterocycles. The van der Waals surface area contributed by atoms with Gasteiger partial charge in [-0.2, -0.15) is 0 Å². The van der Waals surface area contributed by atoms with Gasteiger partial charge in [-0.05, 0) is 24.8 Å². The number of pyridine rings is 1. The number of rotatable bonds is 3. The zero-order valence-corrected chi connectivity index (χ0v) is 6.96. The van der Waals surface area contributed by atoms with Crippen LogP contribution in [0.25, 0.3) is 0 Å². The van der Waals surface area contributed by atoms with Gasteiger partial charge in [-0.3, -0.25) is 4.98 Å². The van der Waals surface area contributed by atoms with E-state index in [0.29, 0.717) is 0 Å². The number of anilines is 2. The lowest BCUT2D eigenvalue weighted by atomic mass is 10.3. The molecule has 0 aromatic carbocycles. The highest BCUT2D eigenvalue weighted by molar-refractivity contribution is 5.64. The Balaban J connectivity index is 1.96. The van der Waals surface area contributed by atoms with Crippen LogP contribution >= 0.6 is 0 Å². The standard InChI is InChI=1S/C9H13N3/c10-8-3-4-11-6-9(8)12-5-7-1-2-7/h3-4,6-7,12H,1-2,5H2,(H2,10,11). The fourth-order valence-corrected chi connectivity index (χ4v) is 1.13. The van der Waals surface area contributed by atoms with Gasteiger partial charge in [-0.15, -0.1) is 0 Å². The molecule has 3 N–H and O–H groups in total. The summed E-state index contributed by atoms with van der Waals surface area (Å²) in [7, 11) is 0. The van der Waals surface area contributed by atoms with Crippen molar-refractivity contribution in [3.63, 3.8) is 0 Å². The molecule has 0 amide bonds. The van der Waals surface area contributed by atoms with Crippen LogP contribution in [0.15, 0.2) is 18.5 Å². The smallest absolute Gasteiger partial charge is 0.0760 e. The zero-order chi connectivity index (χ0) is 8.39. The van der Waals surface area contributed by atoms with Crippen LogP contribution in [0.4, 0.5) is 11.4 Å². The van der Waals surface area contributed by atoms with E-state index in [0.717, 1.165) is 23.8 Å². The van der Waals surface area contributed by atoms with Crippen molar-refractivity contribution in [2.24, 2.45) is 5.92 Å². The van der Waals surface area contributed by atoms with Crippen molar-refractivity contribution in [3.05, 3.63) is 18.5 Å². The van der Waals surface area contributed by atoms with E-state index in [-0.39, 0.29) is 0 Å². The first-order valence-electron chi connectivity index (χ1n) is 4.29. The van der Waals surface area contributed by atoms with Crippen molar-refractivity contribution in [1.29, 1.82) is 0 Å². The number of hydrogen-bond acceptors (Lipinski definition) is 3. The first-order valence-corrected chi connectivity index (χ1v) is 4.29. The molecule has 1 heterocycles. The van der Waals surface area contributed by atoms with E-state index in [2.05, 4.69) is 10.3 Å². The van der Waals surface area contributed by atoms with Crippen molar-refractivity contribution in [1.82, 2.24) is 4.98 Å². The third-order valence-corrected chi connectivity index (χ3v) is 2.13. The highest BCUT2D eigenvalue weighted by Gasteiger charge is 2.20. The Bertz CT molecular complexity index is 268. The van der Waals surface area contributed by atoms with Crippen molar-refractivity contribution >= 4 is 11.4 Å². The number of aromatic nitrogens is 1. The van der Waals surface area contributed by atoms with E-state index in [4.69, 9.17) is 5.73 Å². The van der Waals surface area contributed by atoms with Crippen LogP contribution in [-0.4, -0.2) is 11.5 Å². The van der Waals surface area contributed by atoms with E-state index in [1.54, 1.807) is 12.4 Å². The predicted molar refractivity (Wildman–Crippen MR) is 49.9 cm³/mol. The Morgan fingerprint density at radius 1 is 1.58 bits per heavy atom. The van der Waals surface area contributed by atoms with Gasteiger partial charge >= 0.3 is 0 Å². The van der Waals surface area contributed by atoms with Crippen molar-refractivity contribution in [2.45, 2.75) is 12.8 Å². The number of nitrogens with one attached hydrogen (secondary N) is 1. The normalized spacial score (nSPS) is 16.0. The largest absolute Gasteiger partial charge is 0.397 e. The van der Waals surface area contributed by atoms with Crippen LogP contribution in [0, 0.1) is 5.92 Å². The van der Waals surface area contributed by atoms with Crippen LogP contribution in [0.3, 0.4) is 0 Å². The summed E-state index contributed by atoms with van der Waals surface area (Å²) in [6, 6.07) is 1.81. The van der Waals surface area contributed by atoms with Crippen molar-refractivity contribution < 1.29 is 0 Å². The lowest BCUT2D eigenvalue weighted by molar-refractivity contribution is 0.888. The monoisotopic (exact) mass is 163 g/mol. The number of nitrogen functional groups attached to an aromatic ring is 1. The maximum absolute atomic E-state index is 5.72. The van der Waals surface area contributed by atoms with Gasteiger partial charge in [0.25, 0.3) is 0 Å². The van der Waals surface area contributed by atoms with Gasteiger partial charge < -0.3 is 11.1 Å². The molecule has 64 valence electrons. The molecular weight excluding hydrogens is 150 g/mol. The number of nitrogens with zero attached hydrogens (tertiary/aromatic N) is 1. The molecule has 1 fully saturated rings. The van der Waals surface area contributed by atoms with Gasteiger partial charge in [0, 0.05) is 12.7 Å². The molecule has 1 aliphatic rings. The van der Waals surface area contributed by atoms with Gasteiger partial charge in [0.05, 0.1) is 17.6 Å². The summed E-state index contributed by atoms with van der Waals surface area (Å²) < 4.78 is 0. The van der Waals surface area contributed by atoms with E-state index >= 15 is 0 Å². The second kappa shape index (κ2) is 3.01.